The molecule has 1 heterocycles. The third-order valence-electron chi connectivity index (χ3n) is 2.55. The van der Waals surface area contributed by atoms with Gasteiger partial charge in [0.25, 0.3) is 0 Å². The van der Waals surface area contributed by atoms with E-state index in [1.54, 1.807) is 0 Å². The first-order valence-corrected chi connectivity index (χ1v) is 6.49. The largest absolute Gasteiger partial charge is 0.381 e. The van der Waals surface area contributed by atoms with Gasteiger partial charge in [0.1, 0.15) is 0 Å². The number of morpholine rings is 1. The lowest BCUT2D eigenvalue weighted by Crippen LogP contribution is -2.41. The summed E-state index contributed by atoms with van der Waals surface area (Å²) in [6.45, 7) is 6.64. The van der Waals surface area contributed by atoms with E-state index < -0.39 is 0 Å². The molecule has 5 nitrogen and oxygen atoms in total. The number of ether oxygens (including phenoxy) is 2. The summed E-state index contributed by atoms with van der Waals surface area (Å²) in [6, 6.07) is 0. The van der Waals surface area contributed by atoms with Crippen LogP contribution in [0.25, 0.3) is 0 Å². The van der Waals surface area contributed by atoms with Crippen molar-refractivity contribution in [1.82, 2.24) is 10.6 Å². The van der Waals surface area contributed by atoms with Crippen LogP contribution in [0.2, 0.25) is 0 Å². The van der Waals surface area contributed by atoms with Crippen molar-refractivity contribution in [2.24, 2.45) is 0 Å². The van der Waals surface area contributed by atoms with E-state index >= 15 is 0 Å². The fourth-order valence-corrected chi connectivity index (χ4v) is 1.68. The summed E-state index contributed by atoms with van der Waals surface area (Å²) in [5.74, 6) is 0.0641. The van der Waals surface area contributed by atoms with E-state index in [4.69, 9.17) is 9.47 Å². The first-order valence-electron chi connectivity index (χ1n) is 6.49. The average molecular weight is 244 g/mol. The van der Waals surface area contributed by atoms with Gasteiger partial charge in [0, 0.05) is 32.8 Å². The highest BCUT2D eigenvalue weighted by Crippen LogP contribution is 2.00. The van der Waals surface area contributed by atoms with Crippen molar-refractivity contribution in [3.8, 4) is 0 Å². The smallest absolute Gasteiger partial charge is 0.222 e. The van der Waals surface area contributed by atoms with E-state index in [-0.39, 0.29) is 12.0 Å². The minimum Gasteiger partial charge on any atom is -0.381 e. The van der Waals surface area contributed by atoms with Gasteiger partial charge in [-0.3, -0.25) is 4.79 Å². The predicted octanol–water partition coefficient (Wildman–Crippen LogP) is 0.298. The Kier molecular flexibility index (Phi) is 7.96. The highest BCUT2D eigenvalue weighted by Gasteiger charge is 2.16. The Morgan fingerprint density at radius 3 is 3.12 bits per heavy atom. The number of hydrogen-bond acceptors (Lipinski definition) is 4. The molecule has 0 radical (unpaired) electrons. The molecule has 0 aromatic rings. The maximum Gasteiger partial charge on any atom is 0.222 e. The molecule has 0 spiro atoms. The van der Waals surface area contributed by atoms with Crippen molar-refractivity contribution >= 4 is 5.91 Å². The van der Waals surface area contributed by atoms with Gasteiger partial charge in [-0.2, -0.15) is 0 Å². The van der Waals surface area contributed by atoms with Crippen LogP contribution in [-0.4, -0.2) is 51.5 Å². The lowest BCUT2D eigenvalue weighted by Gasteiger charge is -2.23. The van der Waals surface area contributed by atoms with E-state index in [0.29, 0.717) is 19.6 Å². The Balaban J connectivity index is 1.93. The summed E-state index contributed by atoms with van der Waals surface area (Å²) in [7, 11) is 0. The van der Waals surface area contributed by atoms with Crippen LogP contribution in [0.4, 0.5) is 0 Å². The van der Waals surface area contributed by atoms with Crippen LogP contribution in [0.3, 0.4) is 0 Å². The van der Waals surface area contributed by atoms with Crippen molar-refractivity contribution < 1.29 is 14.3 Å². The number of nitrogens with one attached hydrogen (secondary N) is 2. The minimum atomic E-state index is 0.0279. The normalized spacial score (nSPS) is 20.2. The zero-order chi connectivity index (χ0) is 12.3. The van der Waals surface area contributed by atoms with Gasteiger partial charge in [0.05, 0.1) is 19.1 Å². The molecule has 0 aromatic carbocycles. The van der Waals surface area contributed by atoms with E-state index in [1.807, 2.05) is 0 Å². The Morgan fingerprint density at radius 2 is 2.41 bits per heavy atom. The first-order chi connectivity index (χ1) is 8.33. The van der Waals surface area contributed by atoms with E-state index in [9.17, 15) is 4.79 Å². The van der Waals surface area contributed by atoms with Crippen LogP contribution >= 0.6 is 0 Å². The Labute approximate surface area is 103 Å². The summed E-state index contributed by atoms with van der Waals surface area (Å²) in [5.41, 5.74) is 0. The molecular formula is C12H24N2O3. The van der Waals surface area contributed by atoms with E-state index in [2.05, 4.69) is 17.6 Å². The number of amides is 1. The number of carbonyl (C=O) groups is 1. The van der Waals surface area contributed by atoms with Crippen LogP contribution in [-0.2, 0) is 14.3 Å². The third-order valence-corrected chi connectivity index (χ3v) is 2.55. The molecule has 1 aliphatic heterocycles. The Morgan fingerprint density at radius 1 is 1.53 bits per heavy atom. The SMILES string of the molecule is CCCOCCCNC(=O)CC1CNCCO1. The maximum atomic E-state index is 11.5. The molecule has 1 aliphatic rings. The van der Waals surface area contributed by atoms with Crippen molar-refractivity contribution in [3.63, 3.8) is 0 Å². The Bertz CT molecular complexity index is 206. The molecule has 1 rings (SSSR count). The monoisotopic (exact) mass is 244 g/mol. The van der Waals surface area contributed by atoms with Crippen LogP contribution < -0.4 is 10.6 Å². The second kappa shape index (κ2) is 9.39. The molecule has 0 saturated carbocycles. The zero-order valence-electron chi connectivity index (χ0n) is 10.7. The molecule has 100 valence electrons. The third kappa shape index (κ3) is 7.31. The van der Waals surface area contributed by atoms with Crippen LogP contribution in [0.5, 0.6) is 0 Å². The highest BCUT2D eigenvalue weighted by molar-refractivity contribution is 5.76. The van der Waals surface area contributed by atoms with Gasteiger partial charge in [-0.15, -0.1) is 0 Å². The van der Waals surface area contributed by atoms with Crippen LogP contribution in [0.1, 0.15) is 26.2 Å². The summed E-state index contributed by atoms with van der Waals surface area (Å²) in [6.07, 6.45) is 2.39. The second-order valence-corrected chi connectivity index (χ2v) is 4.22. The van der Waals surface area contributed by atoms with Gasteiger partial charge in [-0.1, -0.05) is 6.92 Å². The number of hydrogen-bond donors (Lipinski definition) is 2. The molecule has 17 heavy (non-hydrogen) atoms. The molecule has 0 aliphatic carbocycles. The quantitative estimate of drug-likeness (QED) is 0.603. The fourth-order valence-electron chi connectivity index (χ4n) is 1.68. The molecule has 1 unspecified atom stereocenters. The first kappa shape index (κ1) is 14.4. The van der Waals surface area contributed by atoms with E-state index in [1.165, 1.54) is 0 Å². The predicted molar refractivity (Wildman–Crippen MR) is 66.0 cm³/mol. The number of rotatable bonds is 8. The fraction of sp³-hybridized carbons (Fsp3) is 0.917. The summed E-state index contributed by atoms with van der Waals surface area (Å²) >= 11 is 0. The van der Waals surface area contributed by atoms with Gasteiger partial charge >= 0.3 is 0 Å². The molecule has 1 saturated heterocycles. The van der Waals surface area contributed by atoms with Crippen molar-refractivity contribution in [3.05, 3.63) is 0 Å². The minimum absolute atomic E-state index is 0.0279. The van der Waals surface area contributed by atoms with E-state index in [0.717, 1.165) is 39.1 Å². The lowest BCUT2D eigenvalue weighted by atomic mass is 10.2. The molecule has 1 amide bonds. The van der Waals surface area contributed by atoms with Crippen LogP contribution in [0, 0.1) is 0 Å². The van der Waals surface area contributed by atoms with Gasteiger partial charge in [0.15, 0.2) is 0 Å². The molecule has 1 fully saturated rings. The molecule has 2 N–H and O–H groups in total. The standard InChI is InChI=1S/C12H24N2O3/c1-2-6-16-7-3-4-14-12(15)9-11-10-13-5-8-17-11/h11,13H,2-10H2,1H3,(H,14,15). The summed E-state index contributed by atoms with van der Waals surface area (Å²) < 4.78 is 10.8. The van der Waals surface area contributed by atoms with Crippen molar-refractivity contribution in [2.75, 3.05) is 39.5 Å². The van der Waals surface area contributed by atoms with Crippen molar-refractivity contribution in [2.45, 2.75) is 32.3 Å². The molecule has 0 aromatic heterocycles. The maximum absolute atomic E-state index is 11.5. The average Bonchev–Trinajstić information content (AvgIpc) is 2.35. The molecular weight excluding hydrogens is 220 g/mol. The van der Waals surface area contributed by atoms with Gasteiger partial charge in [-0.05, 0) is 12.8 Å². The highest BCUT2D eigenvalue weighted by atomic mass is 16.5. The van der Waals surface area contributed by atoms with Gasteiger partial charge in [0.2, 0.25) is 5.91 Å². The molecule has 5 heteroatoms. The van der Waals surface area contributed by atoms with Crippen molar-refractivity contribution in [1.29, 1.82) is 0 Å². The summed E-state index contributed by atoms with van der Waals surface area (Å²) in [4.78, 5) is 11.5. The van der Waals surface area contributed by atoms with Gasteiger partial charge in [-0.25, -0.2) is 0 Å². The zero-order valence-corrected chi connectivity index (χ0v) is 10.7. The second-order valence-electron chi connectivity index (χ2n) is 4.22. The Hall–Kier alpha value is -0.650. The molecule has 0 bridgehead atoms. The molecule has 1 atom stereocenters. The number of carbonyl (C=O) groups excluding carboxylic acids is 1. The lowest BCUT2D eigenvalue weighted by molar-refractivity contribution is -0.124. The summed E-state index contributed by atoms with van der Waals surface area (Å²) in [5, 5.41) is 6.09. The van der Waals surface area contributed by atoms with Gasteiger partial charge < -0.3 is 20.1 Å². The topological polar surface area (TPSA) is 59.6 Å². The van der Waals surface area contributed by atoms with Crippen LogP contribution in [0.15, 0.2) is 0 Å².